The molecule has 0 bridgehead atoms. The van der Waals surface area contributed by atoms with Crippen molar-refractivity contribution in [2.45, 2.75) is 20.8 Å². The quantitative estimate of drug-likeness (QED) is 0.550. The lowest BCUT2D eigenvalue weighted by Crippen LogP contribution is -2.34. The number of esters is 1. The zero-order valence-corrected chi connectivity index (χ0v) is 10.8. The van der Waals surface area contributed by atoms with Crippen LogP contribution in [0.3, 0.4) is 0 Å². The Labute approximate surface area is 101 Å². The molecule has 4 heteroatoms. The topological polar surface area (TPSA) is 46.6 Å². The van der Waals surface area contributed by atoms with Gasteiger partial charge in [0.1, 0.15) is 0 Å². The Kier molecular flexibility index (Phi) is 3.89. The van der Waals surface area contributed by atoms with Gasteiger partial charge >= 0.3 is 11.9 Å². The molecule has 0 heterocycles. The highest BCUT2D eigenvalue weighted by Crippen LogP contribution is 2.25. The van der Waals surface area contributed by atoms with E-state index in [9.17, 15) is 9.59 Å². The number of carbonyl (C=O) groups excluding carboxylic acids is 2. The summed E-state index contributed by atoms with van der Waals surface area (Å²) in [6, 6.07) is 3.95. The van der Waals surface area contributed by atoms with Gasteiger partial charge in [0, 0.05) is 12.7 Å². The molecule has 0 saturated carbocycles. The summed E-state index contributed by atoms with van der Waals surface area (Å²) in [6.45, 7) is 5.82. The molecule has 0 unspecified atom stereocenters. The van der Waals surface area contributed by atoms with Gasteiger partial charge in [0.05, 0.1) is 7.11 Å². The van der Waals surface area contributed by atoms with Gasteiger partial charge in [0.2, 0.25) is 0 Å². The van der Waals surface area contributed by atoms with Crippen LogP contribution in [0.1, 0.15) is 16.7 Å². The number of hydrogen-bond donors (Lipinski definition) is 0. The van der Waals surface area contributed by atoms with Crippen LogP contribution in [-0.2, 0) is 14.3 Å². The maximum Gasteiger partial charge on any atom is 0.397 e. The summed E-state index contributed by atoms with van der Waals surface area (Å²) in [6.07, 6.45) is 0. The fourth-order valence-electron chi connectivity index (χ4n) is 2.03. The van der Waals surface area contributed by atoms with Crippen LogP contribution in [0.4, 0.5) is 5.69 Å². The van der Waals surface area contributed by atoms with Crippen LogP contribution < -0.4 is 4.90 Å². The summed E-state index contributed by atoms with van der Waals surface area (Å²) >= 11 is 0. The van der Waals surface area contributed by atoms with Crippen LogP contribution in [-0.4, -0.2) is 26.0 Å². The van der Waals surface area contributed by atoms with E-state index in [-0.39, 0.29) is 0 Å². The van der Waals surface area contributed by atoms with Gasteiger partial charge in [-0.3, -0.25) is 4.79 Å². The van der Waals surface area contributed by atoms with E-state index in [0.29, 0.717) is 0 Å². The number of likely N-dealkylation sites (N-methyl/N-ethyl adjacent to an activating group) is 1. The Morgan fingerprint density at radius 1 is 1.12 bits per heavy atom. The molecule has 0 N–H and O–H groups in total. The number of nitrogens with zero attached hydrogens (tertiary/aromatic N) is 1. The molecule has 0 spiro atoms. The van der Waals surface area contributed by atoms with Crippen LogP contribution in [0.2, 0.25) is 0 Å². The van der Waals surface area contributed by atoms with E-state index in [1.165, 1.54) is 12.0 Å². The SMILES string of the molecule is COC(=O)C(=O)N(C)c1c(C)cc(C)cc1C. The maximum absolute atomic E-state index is 11.7. The fraction of sp³-hybridized carbons (Fsp3) is 0.385. The minimum absolute atomic E-state index is 0.664. The van der Waals surface area contributed by atoms with Crippen molar-refractivity contribution in [3.05, 3.63) is 28.8 Å². The predicted molar refractivity (Wildman–Crippen MR) is 66.1 cm³/mol. The lowest BCUT2D eigenvalue weighted by atomic mass is 10.0. The number of benzene rings is 1. The van der Waals surface area contributed by atoms with E-state index in [0.717, 1.165) is 22.4 Å². The van der Waals surface area contributed by atoms with Crippen LogP contribution in [0.5, 0.6) is 0 Å². The van der Waals surface area contributed by atoms with Gasteiger partial charge in [-0.1, -0.05) is 17.7 Å². The Morgan fingerprint density at radius 2 is 1.59 bits per heavy atom. The molecule has 0 aromatic heterocycles. The molecule has 1 rings (SSSR count). The highest BCUT2D eigenvalue weighted by molar-refractivity contribution is 6.38. The Balaban J connectivity index is 3.17. The van der Waals surface area contributed by atoms with E-state index in [2.05, 4.69) is 4.74 Å². The first-order chi connectivity index (χ1) is 7.88. The molecule has 0 fully saturated rings. The molecule has 17 heavy (non-hydrogen) atoms. The second kappa shape index (κ2) is 4.99. The molecule has 0 aliphatic heterocycles. The Bertz CT molecular complexity index is 443. The summed E-state index contributed by atoms with van der Waals surface area (Å²) < 4.78 is 4.43. The van der Waals surface area contributed by atoms with E-state index in [1.54, 1.807) is 7.05 Å². The third-order valence-electron chi connectivity index (χ3n) is 2.64. The van der Waals surface area contributed by atoms with Crippen molar-refractivity contribution in [3.8, 4) is 0 Å². The predicted octanol–water partition coefficient (Wildman–Crippen LogP) is 1.75. The van der Waals surface area contributed by atoms with Crippen molar-refractivity contribution < 1.29 is 14.3 Å². The van der Waals surface area contributed by atoms with Crippen LogP contribution in [0.25, 0.3) is 0 Å². The number of anilines is 1. The van der Waals surface area contributed by atoms with Crippen molar-refractivity contribution >= 4 is 17.6 Å². The average molecular weight is 235 g/mol. The number of carbonyl (C=O) groups is 2. The molecule has 1 amide bonds. The fourth-order valence-corrected chi connectivity index (χ4v) is 2.03. The van der Waals surface area contributed by atoms with Gasteiger partial charge in [-0.25, -0.2) is 4.79 Å². The number of methoxy groups -OCH3 is 1. The molecule has 1 aromatic carbocycles. The molecular weight excluding hydrogens is 218 g/mol. The highest BCUT2D eigenvalue weighted by atomic mass is 16.5. The van der Waals surface area contributed by atoms with E-state index in [4.69, 9.17) is 0 Å². The van der Waals surface area contributed by atoms with Gasteiger partial charge in [-0.05, 0) is 31.9 Å². The first-order valence-corrected chi connectivity index (χ1v) is 5.32. The highest BCUT2D eigenvalue weighted by Gasteiger charge is 2.22. The Morgan fingerprint density at radius 3 is 2.00 bits per heavy atom. The first-order valence-electron chi connectivity index (χ1n) is 5.32. The van der Waals surface area contributed by atoms with E-state index >= 15 is 0 Å². The second-order valence-corrected chi connectivity index (χ2v) is 4.10. The van der Waals surface area contributed by atoms with Gasteiger partial charge in [-0.15, -0.1) is 0 Å². The molecule has 0 saturated heterocycles. The number of aryl methyl sites for hydroxylation is 3. The van der Waals surface area contributed by atoms with Gasteiger partial charge in [0.25, 0.3) is 0 Å². The molecule has 0 radical (unpaired) electrons. The van der Waals surface area contributed by atoms with Crippen molar-refractivity contribution in [2.24, 2.45) is 0 Å². The standard InChI is InChI=1S/C13H17NO3/c1-8-6-9(2)11(10(3)7-8)14(4)12(15)13(16)17-5/h6-7H,1-5H3. The minimum atomic E-state index is -0.855. The third-order valence-corrected chi connectivity index (χ3v) is 2.64. The zero-order valence-electron chi connectivity index (χ0n) is 10.8. The third kappa shape index (κ3) is 2.64. The van der Waals surface area contributed by atoms with Gasteiger partial charge in [0.15, 0.2) is 0 Å². The normalized spacial score (nSPS) is 9.94. The molecular formula is C13H17NO3. The zero-order chi connectivity index (χ0) is 13.2. The van der Waals surface area contributed by atoms with E-state index in [1.807, 2.05) is 32.9 Å². The summed E-state index contributed by atoms with van der Waals surface area (Å²) in [7, 11) is 2.77. The number of rotatable bonds is 1. The van der Waals surface area contributed by atoms with Crippen molar-refractivity contribution in [2.75, 3.05) is 19.1 Å². The summed E-state index contributed by atoms with van der Waals surface area (Å²) in [5.74, 6) is -1.52. The molecule has 4 nitrogen and oxygen atoms in total. The lowest BCUT2D eigenvalue weighted by molar-refractivity contribution is -0.151. The monoisotopic (exact) mass is 235 g/mol. The van der Waals surface area contributed by atoms with Gasteiger partial charge in [-0.2, -0.15) is 0 Å². The average Bonchev–Trinajstić information content (AvgIpc) is 2.25. The summed E-state index contributed by atoms with van der Waals surface area (Å²) in [5, 5.41) is 0. The Hall–Kier alpha value is -1.84. The first kappa shape index (κ1) is 13.2. The summed E-state index contributed by atoms with van der Waals surface area (Å²) in [4.78, 5) is 24.2. The van der Waals surface area contributed by atoms with Gasteiger partial charge < -0.3 is 9.64 Å². The molecule has 92 valence electrons. The van der Waals surface area contributed by atoms with Crippen LogP contribution in [0.15, 0.2) is 12.1 Å². The lowest BCUT2D eigenvalue weighted by Gasteiger charge is -2.21. The smallest absolute Gasteiger partial charge is 0.397 e. The van der Waals surface area contributed by atoms with Crippen LogP contribution in [0, 0.1) is 20.8 Å². The molecule has 0 atom stereocenters. The minimum Gasteiger partial charge on any atom is -0.462 e. The van der Waals surface area contributed by atoms with E-state index < -0.39 is 11.9 Å². The molecule has 0 aliphatic rings. The largest absolute Gasteiger partial charge is 0.462 e. The molecule has 0 aliphatic carbocycles. The number of amides is 1. The maximum atomic E-state index is 11.7. The van der Waals surface area contributed by atoms with Crippen molar-refractivity contribution in [1.29, 1.82) is 0 Å². The second-order valence-electron chi connectivity index (χ2n) is 4.10. The van der Waals surface area contributed by atoms with Crippen LogP contribution >= 0.6 is 0 Å². The van der Waals surface area contributed by atoms with Crippen molar-refractivity contribution in [3.63, 3.8) is 0 Å². The number of ether oxygens (including phenoxy) is 1. The molecule has 1 aromatic rings. The summed E-state index contributed by atoms with van der Waals surface area (Å²) in [5.41, 5.74) is 3.80. The number of hydrogen-bond acceptors (Lipinski definition) is 3. The van der Waals surface area contributed by atoms with Crippen molar-refractivity contribution in [1.82, 2.24) is 0 Å².